The van der Waals surface area contributed by atoms with Crippen molar-refractivity contribution < 1.29 is 4.52 Å². The second-order valence-electron chi connectivity index (χ2n) is 4.28. The fourth-order valence-electron chi connectivity index (χ4n) is 2.02. The number of nitrogens with zero attached hydrogens (tertiary/aromatic N) is 5. The van der Waals surface area contributed by atoms with Crippen LogP contribution in [0.25, 0.3) is 11.2 Å². The van der Waals surface area contributed by atoms with Crippen molar-refractivity contribution in [2.24, 2.45) is 0 Å². The maximum Gasteiger partial charge on any atom is 0.223 e. The highest BCUT2D eigenvalue weighted by atomic mass is 79.9. The highest BCUT2D eigenvalue weighted by molar-refractivity contribution is 9.10. The largest absolute Gasteiger partial charge is 0.340 e. The van der Waals surface area contributed by atoms with E-state index in [9.17, 15) is 0 Å². The van der Waals surface area contributed by atoms with Crippen molar-refractivity contribution in [3.63, 3.8) is 0 Å². The Hall–Kier alpha value is -1.47. The molecule has 0 bridgehead atoms. The molecule has 0 atom stereocenters. The molecule has 0 spiro atoms. The zero-order valence-corrected chi connectivity index (χ0v) is 13.0. The first-order valence-corrected chi connectivity index (χ1v) is 7.36. The van der Waals surface area contributed by atoms with Gasteiger partial charge in [-0.25, -0.2) is 9.97 Å². The number of pyridine rings is 1. The lowest BCUT2D eigenvalue weighted by Gasteiger charge is -2.04. The maximum atomic E-state index is 5.84. The molecule has 0 radical (unpaired) electrons. The van der Waals surface area contributed by atoms with E-state index in [0.29, 0.717) is 30.6 Å². The summed E-state index contributed by atoms with van der Waals surface area (Å²) in [5.74, 6) is 2.50. The van der Waals surface area contributed by atoms with Gasteiger partial charge in [0.05, 0.1) is 6.54 Å². The summed E-state index contributed by atoms with van der Waals surface area (Å²) in [5, 5.41) is 3.91. The highest BCUT2D eigenvalue weighted by Gasteiger charge is 2.14. The van der Waals surface area contributed by atoms with E-state index in [2.05, 4.69) is 36.0 Å². The number of hydrogen-bond acceptors (Lipinski definition) is 5. The second kappa shape index (κ2) is 5.49. The van der Waals surface area contributed by atoms with Gasteiger partial charge in [-0.2, -0.15) is 4.98 Å². The SMILES string of the molecule is Cc1nc(Cn2c(CCCl)nc3cc(Br)cnc32)no1. The van der Waals surface area contributed by atoms with Crippen LogP contribution in [0.3, 0.4) is 0 Å². The van der Waals surface area contributed by atoms with Crippen molar-refractivity contribution in [3.8, 4) is 0 Å². The average Bonchev–Trinajstić information content (AvgIpc) is 2.95. The smallest absolute Gasteiger partial charge is 0.223 e. The summed E-state index contributed by atoms with van der Waals surface area (Å²) in [5.41, 5.74) is 1.61. The van der Waals surface area contributed by atoms with Crippen LogP contribution in [0.1, 0.15) is 17.5 Å². The zero-order valence-electron chi connectivity index (χ0n) is 10.7. The van der Waals surface area contributed by atoms with Gasteiger partial charge in [-0.3, -0.25) is 0 Å². The molecular formula is C12H11BrClN5O. The summed E-state index contributed by atoms with van der Waals surface area (Å²) in [6.45, 7) is 2.23. The van der Waals surface area contributed by atoms with Crippen LogP contribution in [0, 0.1) is 6.92 Å². The van der Waals surface area contributed by atoms with E-state index in [0.717, 1.165) is 21.5 Å². The van der Waals surface area contributed by atoms with Gasteiger partial charge in [0.25, 0.3) is 0 Å². The molecule has 0 saturated carbocycles. The van der Waals surface area contributed by atoms with Gasteiger partial charge in [0.15, 0.2) is 11.5 Å². The minimum atomic E-state index is 0.467. The Morgan fingerprint density at radius 3 is 2.95 bits per heavy atom. The van der Waals surface area contributed by atoms with Crippen LogP contribution in [0.5, 0.6) is 0 Å². The molecule has 0 aliphatic heterocycles. The first-order chi connectivity index (χ1) is 9.67. The van der Waals surface area contributed by atoms with E-state index >= 15 is 0 Å². The number of fused-ring (bicyclic) bond motifs is 1. The van der Waals surface area contributed by atoms with Crippen molar-refractivity contribution >= 4 is 38.7 Å². The molecule has 0 saturated heterocycles. The maximum absolute atomic E-state index is 5.84. The Balaban J connectivity index is 2.08. The van der Waals surface area contributed by atoms with Crippen LogP contribution >= 0.6 is 27.5 Å². The first kappa shape index (κ1) is 13.5. The van der Waals surface area contributed by atoms with E-state index in [-0.39, 0.29) is 0 Å². The number of imidazole rings is 1. The summed E-state index contributed by atoms with van der Waals surface area (Å²) in [4.78, 5) is 13.2. The third kappa shape index (κ3) is 2.55. The molecule has 0 N–H and O–H groups in total. The van der Waals surface area contributed by atoms with Crippen molar-refractivity contribution in [2.45, 2.75) is 19.9 Å². The fourth-order valence-corrected chi connectivity index (χ4v) is 2.51. The van der Waals surface area contributed by atoms with E-state index in [1.807, 2.05) is 10.6 Å². The quantitative estimate of drug-likeness (QED) is 0.672. The van der Waals surface area contributed by atoms with Gasteiger partial charge in [0.2, 0.25) is 5.89 Å². The first-order valence-electron chi connectivity index (χ1n) is 6.03. The Kier molecular flexibility index (Phi) is 3.71. The molecule has 0 aromatic carbocycles. The number of halogens is 2. The van der Waals surface area contributed by atoms with E-state index < -0.39 is 0 Å². The van der Waals surface area contributed by atoms with Gasteiger partial charge in [-0.1, -0.05) is 5.16 Å². The van der Waals surface area contributed by atoms with Gasteiger partial charge in [-0.05, 0) is 22.0 Å². The third-order valence-corrected chi connectivity index (χ3v) is 3.44. The van der Waals surface area contributed by atoms with Gasteiger partial charge in [-0.15, -0.1) is 11.6 Å². The monoisotopic (exact) mass is 355 g/mol. The van der Waals surface area contributed by atoms with Crippen molar-refractivity contribution in [1.29, 1.82) is 0 Å². The molecule has 0 fully saturated rings. The molecule has 3 rings (SSSR count). The molecule has 3 aromatic rings. The summed E-state index contributed by atoms with van der Waals surface area (Å²) in [7, 11) is 0. The number of alkyl halides is 1. The molecule has 104 valence electrons. The molecule has 8 heteroatoms. The van der Waals surface area contributed by atoms with Crippen LogP contribution in [0.2, 0.25) is 0 Å². The van der Waals surface area contributed by atoms with E-state index in [1.165, 1.54) is 0 Å². The number of hydrogen-bond donors (Lipinski definition) is 0. The fraction of sp³-hybridized carbons (Fsp3) is 0.333. The molecule has 0 unspecified atom stereocenters. The number of rotatable bonds is 4. The van der Waals surface area contributed by atoms with E-state index in [1.54, 1.807) is 13.1 Å². The van der Waals surface area contributed by atoms with Gasteiger partial charge >= 0.3 is 0 Å². The lowest BCUT2D eigenvalue weighted by atomic mass is 10.4. The number of aryl methyl sites for hydroxylation is 2. The standard InChI is InChI=1S/C12H11BrClN5O/c1-7-16-10(18-20-7)6-19-11(2-3-14)17-9-4-8(13)5-15-12(9)19/h4-5H,2-3,6H2,1H3. The molecule has 0 aliphatic carbocycles. The molecular weight excluding hydrogens is 346 g/mol. The minimum Gasteiger partial charge on any atom is -0.340 e. The Morgan fingerprint density at radius 1 is 1.40 bits per heavy atom. The number of aromatic nitrogens is 5. The topological polar surface area (TPSA) is 69.6 Å². The summed E-state index contributed by atoms with van der Waals surface area (Å²) >= 11 is 9.24. The van der Waals surface area contributed by atoms with Crippen molar-refractivity contribution in [3.05, 3.63) is 34.3 Å². The molecule has 0 amide bonds. The predicted molar refractivity (Wildman–Crippen MR) is 77.8 cm³/mol. The molecule has 3 aromatic heterocycles. The van der Waals surface area contributed by atoms with Crippen molar-refractivity contribution in [2.75, 3.05) is 5.88 Å². The van der Waals surface area contributed by atoms with E-state index in [4.69, 9.17) is 16.1 Å². The van der Waals surface area contributed by atoms with Crippen LogP contribution in [0.4, 0.5) is 0 Å². The van der Waals surface area contributed by atoms with Crippen LogP contribution in [0.15, 0.2) is 21.3 Å². The zero-order chi connectivity index (χ0) is 14.1. The normalized spacial score (nSPS) is 11.3. The Bertz CT molecular complexity index is 753. The predicted octanol–water partition coefficient (Wildman–Crippen LogP) is 2.71. The van der Waals surface area contributed by atoms with Crippen LogP contribution in [-0.2, 0) is 13.0 Å². The minimum absolute atomic E-state index is 0.467. The lowest BCUT2D eigenvalue weighted by molar-refractivity contribution is 0.386. The molecule has 6 nitrogen and oxygen atoms in total. The summed E-state index contributed by atoms with van der Waals surface area (Å²) in [6.07, 6.45) is 2.40. The van der Waals surface area contributed by atoms with Crippen LogP contribution in [-0.4, -0.2) is 30.6 Å². The average molecular weight is 357 g/mol. The molecule has 20 heavy (non-hydrogen) atoms. The Labute approximate surface area is 128 Å². The van der Waals surface area contributed by atoms with Gasteiger partial charge in [0.1, 0.15) is 11.3 Å². The van der Waals surface area contributed by atoms with Crippen molar-refractivity contribution in [1.82, 2.24) is 24.7 Å². The molecule has 0 aliphatic rings. The lowest BCUT2D eigenvalue weighted by Crippen LogP contribution is -2.08. The summed E-state index contributed by atoms with van der Waals surface area (Å²) in [6, 6.07) is 1.93. The third-order valence-electron chi connectivity index (χ3n) is 2.82. The molecule has 3 heterocycles. The summed E-state index contributed by atoms with van der Waals surface area (Å²) < 4.78 is 7.85. The highest BCUT2D eigenvalue weighted by Crippen LogP contribution is 2.20. The van der Waals surface area contributed by atoms with Gasteiger partial charge < -0.3 is 9.09 Å². The van der Waals surface area contributed by atoms with Crippen LogP contribution < -0.4 is 0 Å². The second-order valence-corrected chi connectivity index (χ2v) is 5.57. The Morgan fingerprint density at radius 2 is 2.25 bits per heavy atom. The van der Waals surface area contributed by atoms with Gasteiger partial charge in [0, 0.05) is 29.9 Å².